The minimum Gasteiger partial charge on any atom is -0.448 e. The van der Waals surface area contributed by atoms with E-state index in [0.29, 0.717) is 41.8 Å². The predicted octanol–water partition coefficient (Wildman–Crippen LogP) is 6.11. The second kappa shape index (κ2) is 8.78. The summed E-state index contributed by atoms with van der Waals surface area (Å²) in [5.41, 5.74) is -3.26. The number of benzene rings is 1. The van der Waals surface area contributed by atoms with Gasteiger partial charge in [-0.1, -0.05) is 25.4 Å². The number of fused-ring (bicyclic) bond motifs is 1. The van der Waals surface area contributed by atoms with Crippen molar-refractivity contribution >= 4 is 40.1 Å². The van der Waals surface area contributed by atoms with E-state index in [-0.39, 0.29) is 23.5 Å². The quantitative estimate of drug-likeness (QED) is 0.470. The van der Waals surface area contributed by atoms with Gasteiger partial charge in [0.25, 0.3) is 5.91 Å². The standard InChI is InChI=1S/C26H31ClF3N3O3/c1-23(2)22(35)36-25(5,24(23,3)4)21(34)32-16-9-7-15(8-10-16)31-19-13-20(26(28,29)30)33-18-11-6-14(27)12-17(18)19/h6,11-13,15-16H,7-10H2,1-5H3,(H,31,33)(H,32,34)/t15?,16?,25-/m1/s1. The summed E-state index contributed by atoms with van der Waals surface area (Å²) in [6.07, 6.45) is -2.03. The van der Waals surface area contributed by atoms with Crippen molar-refractivity contribution in [3.05, 3.63) is 35.0 Å². The molecule has 1 saturated heterocycles. The van der Waals surface area contributed by atoms with E-state index in [1.807, 2.05) is 13.8 Å². The Morgan fingerprint density at radius 1 is 1.06 bits per heavy atom. The van der Waals surface area contributed by atoms with Gasteiger partial charge in [0.2, 0.25) is 0 Å². The number of rotatable bonds is 4. The summed E-state index contributed by atoms with van der Waals surface area (Å²) < 4.78 is 45.9. The number of pyridine rings is 1. The molecule has 2 aromatic rings. The van der Waals surface area contributed by atoms with E-state index in [1.165, 1.54) is 12.1 Å². The molecule has 2 heterocycles. The van der Waals surface area contributed by atoms with Gasteiger partial charge in [0.15, 0.2) is 5.60 Å². The number of carbonyl (C=O) groups excluding carboxylic acids is 2. The van der Waals surface area contributed by atoms with E-state index in [4.69, 9.17) is 16.3 Å². The summed E-state index contributed by atoms with van der Waals surface area (Å²) >= 11 is 6.09. The predicted molar refractivity (Wildman–Crippen MR) is 132 cm³/mol. The van der Waals surface area contributed by atoms with Crippen LogP contribution in [0.2, 0.25) is 5.02 Å². The minimum absolute atomic E-state index is 0.0842. The Kier molecular flexibility index (Phi) is 6.47. The molecule has 1 aromatic carbocycles. The second-order valence-corrected chi connectivity index (χ2v) is 11.5. The molecule has 1 atom stereocenters. The summed E-state index contributed by atoms with van der Waals surface area (Å²) in [4.78, 5) is 29.4. The molecule has 4 rings (SSSR count). The van der Waals surface area contributed by atoms with Crippen LogP contribution in [0.25, 0.3) is 10.9 Å². The first-order chi connectivity index (χ1) is 16.6. The fourth-order valence-electron chi connectivity index (χ4n) is 5.01. The highest BCUT2D eigenvalue weighted by Crippen LogP contribution is 2.55. The summed E-state index contributed by atoms with van der Waals surface area (Å²) in [5.74, 6) is -0.728. The zero-order chi connectivity index (χ0) is 26.7. The van der Waals surface area contributed by atoms with Crippen LogP contribution < -0.4 is 10.6 Å². The number of anilines is 1. The first-order valence-corrected chi connectivity index (χ1v) is 12.4. The van der Waals surface area contributed by atoms with Gasteiger partial charge in [0.1, 0.15) is 5.69 Å². The van der Waals surface area contributed by atoms with Crippen LogP contribution in [0.3, 0.4) is 0 Å². The third kappa shape index (κ3) is 4.40. The molecule has 1 saturated carbocycles. The van der Waals surface area contributed by atoms with Gasteiger partial charge in [-0.25, -0.2) is 4.98 Å². The lowest BCUT2D eigenvalue weighted by molar-refractivity contribution is -0.162. The van der Waals surface area contributed by atoms with Gasteiger partial charge < -0.3 is 15.4 Å². The number of cyclic esters (lactones) is 1. The van der Waals surface area contributed by atoms with Gasteiger partial charge in [-0.15, -0.1) is 0 Å². The summed E-state index contributed by atoms with van der Waals surface area (Å²) in [6.45, 7) is 8.94. The van der Waals surface area contributed by atoms with Crippen LogP contribution in [0.4, 0.5) is 18.9 Å². The number of hydrogen-bond donors (Lipinski definition) is 2. The van der Waals surface area contributed by atoms with Gasteiger partial charge in [0, 0.05) is 33.6 Å². The molecule has 1 aromatic heterocycles. The summed E-state index contributed by atoms with van der Waals surface area (Å²) in [7, 11) is 0. The molecule has 1 amide bonds. The molecule has 1 aliphatic heterocycles. The number of carbonyl (C=O) groups is 2. The topological polar surface area (TPSA) is 80.3 Å². The molecular weight excluding hydrogens is 495 g/mol. The molecule has 0 radical (unpaired) electrons. The fraction of sp³-hybridized carbons (Fsp3) is 0.577. The molecule has 2 N–H and O–H groups in total. The highest BCUT2D eigenvalue weighted by atomic mass is 35.5. The Hall–Kier alpha value is -2.55. The Labute approximate surface area is 213 Å². The van der Waals surface area contributed by atoms with Crippen molar-refractivity contribution in [1.29, 1.82) is 0 Å². The SMILES string of the molecule is CC1(C)C(=O)O[C@](C)(C(=O)NC2CCC(Nc3cc(C(F)(F)F)nc4ccc(Cl)cc34)CC2)C1(C)C. The fourth-order valence-corrected chi connectivity index (χ4v) is 5.18. The van der Waals surface area contributed by atoms with Crippen LogP contribution in [0.1, 0.15) is 66.0 Å². The van der Waals surface area contributed by atoms with Crippen molar-refractivity contribution in [2.75, 3.05) is 5.32 Å². The van der Waals surface area contributed by atoms with Gasteiger partial charge in [-0.05, 0) is 70.7 Å². The number of amides is 1. The molecule has 0 spiro atoms. The normalized spacial score (nSPS) is 27.5. The lowest BCUT2D eigenvalue weighted by atomic mass is 9.61. The smallest absolute Gasteiger partial charge is 0.433 e. The van der Waals surface area contributed by atoms with E-state index in [0.717, 1.165) is 6.07 Å². The highest BCUT2D eigenvalue weighted by Gasteiger charge is 2.67. The van der Waals surface area contributed by atoms with Crippen molar-refractivity contribution in [2.24, 2.45) is 10.8 Å². The van der Waals surface area contributed by atoms with Crippen molar-refractivity contribution in [3.63, 3.8) is 0 Å². The zero-order valence-corrected chi connectivity index (χ0v) is 21.7. The number of esters is 1. The number of aromatic nitrogens is 1. The molecule has 0 unspecified atom stereocenters. The molecule has 2 aliphatic rings. The minimum atomic E-state index is -4.58. The molecule has 10 heteroatoms. The maximum absolute atomic E-state index is 13.4. The molecule has 2 fully saturated rings. The summed E-state index contributed by atoms with van der Waals surface area (Å²) in [5, 5.41) is 7.22. The Morgan fingerprint density at radius 3 is 2.22 bits per heavy atom. The number of nitrogens with zero attached hydrogens (tertiary/aromatic N) is 1. The first kappa shape index (κ1) is 26.5. The first-order valence-electron chi connectivity index (χ1n) is 12.0. The van der Waals surface area contributed by atoms with E-state index < -0.39 is 34.3 Å². The second-order valence-electron chi connectivity index (χ2n) is 11.1. The highest BCUT2D eigenvalue weighted by molar-refractivity contribution is 6.31. The van der Waals surface area contributed by atoms with Gasteiger partial charge in [-0.3, -0.25) is 9.59 Å². The largest absolute Gasteiger partial charge is 0.448 e. The number of hydrogen-bond acceptors (Lipinski definition) is 5. The third-order valence-electron chi connectivity index (χ3n) is 8.48. The Balaban J connectivity index is 1.45. The van der Waals surface area contributed by atoms with Crippen molar-refractivity contribution in [1.82, 2.24) is 10.3 Å². The number of alkyl halides is 3. The lowest BCUT2D eigenvalue weighted by Crippen LogP contribution is -2.57. The Bertz CT molecular complexity index is 1210. The van der Waals surface area contributed by atoms with Crippen molar-refractivity contribution in [2.45, 2.75) is 84.2 Å². The zero-order valence-electron chi connectivity index (χ0n) is 21.0. The maximum atomic E-state index is 13.4. The number of ether oxygens (including phenoxy) is 1. The molecule has 1 aliphatic carbocycles. The molecule has 0 bridgehead atoms. The van der Waals surface area contributed by atoms with Gasteiger partial charge >= 0.3 is 12.1 Å². The average Bonchev–Trinajstić information content (AvgIpc) is 2.91. The molecule has 196 valence electrons. The van der Waals surface area contributed by atoms with E-state index in [2.05, 4.69) is 15.6 Å². The van der Waals surface area contributed by atoms with E-state index in [1.54, 1.807) is 26.8 Å². The van der Waals surface area contributed by atoms with Crippen molar-refractivity contribution < 1.29 is 27.5 Å². The van der Waals surface area contributed by atoms with Gasteiger partial charge in [-0.2, -0.15) is 13.2 Å². The van der Waals surface area contributed by atoms with Crippen LogP contribution in [-0.2, 0) is 20.5 Å². The summed E-state index contributed by atoms with van der Waals surface area (Å²) in [6, 6.07) is 5.40. The number of halogens is 4. The van der Waals surface area contributed by atoms with Crippen molar-refractivity contribution in [3.8, 4) is 0 Å². The lowest BCUT2D eigenvalue weighted by Gasteiger charge is -2.41. The average molecular weight is 526 g/mol. The van der Waals surface area contributed by atoms with Crippen LogP contribution in [0.15, 0.2) is 24.3 Å². The monoisotopic (exact) mass is 525 g/mol. The molecule has 36 heavy (non-hydrogen) atoms. The van der Waals surface area contributed by atoms with Gasteiger partial charge in [0.05, 0.1) is 10.9 Å². The third-order valence-corrected chi connectivity index (χ3v) is 8.71. The van der Waals surface area contributed by atoms with Crippen LogP contribution in [0.5, 0.6) is 0 Å². The maximum Gasteiger partial charge on any atom is 0.433 e. The molecule has 6 nitrogen and oxygen atoms in total. The number of nitrogens with one attached hydrogen (secondary N) is 2. The molecular formula is C26H31ClF3N3O3. The van der Waals surface area contributed by atoms with E-state index >= 15 is 0 Å². The van der Waals surface area contributed by atoms with Crippen LogP contribution in [-0.4, -0.2) is 34.5 Å². The van der Waals surface area contributed by atoms with Crippen LogP contribution >= 0.6 is 11.6 Å². The van der Waals surface area contributed by atoms with Crippen LogP contribution in [0, 0.1) is 10.8 Å². The Morgan fingerprint density at radius 2 is 1.67 bits per heavy atom. The van der Waals surface area contributed by atoms with E-state index in [9.17, 15) is 22.8 Å².